The topological polar surface area (TPSA) is 78.4 Å². The van der Waals surface area contributed by atoms with Crippen molar-refractivity contribution in [1.82, 2.24) is 9.97 Å². The SMILES string of the molecule is CC.CC(C)OS(O)(O)c1ncc[nH]1. The van der Waals surface area contributed by atoms with E-state index in [0.29, 0.717) is 0 Å². The lowest BCUT2D eigenvalue weighted by atomic mass is 10.5. The molecule has 1 aromatic heterocycles. The lowest BCUT2D eigenvalue weighted by Gasteiger charge is -2.25. The van der Waals surface area contributed by atoms with Gasteiger partial charge in [-0.3, -0.25) is 4.18 Å². The van der Waals surface area contributed by atoms with Crippen molar-refractivity contribution in [1.29, 1.82) is 0 Å². The highest BCUT2D eigenvalue weighted by Crippen LogP contribution is 2.47. The molecular formula is C8H18N2O3S. The first-order valence-corrected chi connectivity index (χ1v) is 5.95. The normalized spacial score (nSPS) is 12.2. The van der Waals surface area contributed by atoms with Gasteiger partial charge in [0, 0.05) is 12.4 Å². The highest BCUT2D eigenvalue weighted by molar-refractivity contribution is 8.20. The summed E-state index contributed by atoms with van der Waals surface area (Å²) in [5.74, 6) is 0. The predicted molar refractivity (Wildman–Crippen MR) is 57.3 cm³/mol. The molecule has 6 heteroatoms. The number of imidazole rings is 1. The van der Waals surface area contributed by atoms with Crippen molar-refractivity contribution in [2.24, 2.45) is 0 Å². The largest absolute Gasteiger partial charge is 0.336 e. The number of H-pyrrole nitrogens is 1. The standard InChI is InChI=1S/C6H12N2O3S.C2H6/c1-5(2)11-12(9,10)6-7-3-4-8-6;1-2/h3-5,9-10H,1-2H3,(H,7,8);1-2H3. The first-order chi connectivity index (χ1) is 6.52. The van der Waals surface area contributed by atoms with Crippen LogP contribution < -0.4 is 0 Å². The average molecular weight is 222 g/mol. The van der Waals surface area contributed by atoms with E-state index in [4.69, 9.17) is 4.18 Å². The third-order valence-corrected chi connectivity index (χ3v) is 2.43. The zero-order valence-corrected chi connectivity index (χ0v) is 9.71. The van der Waals surface area contributed by atoms with Crippen LogP contribution in [0.3, 0.4) is 0 Å². The summed E-state index contributed by atoms with van der Waals surface area (Å²) < 4.78 is 23.6. The molecule has 0 aliphatic rings. The molecule has 0 saturated heterocycles. The molecule has 84 valence electrons. The second-order valence-electron chi connectivity index (χ2n) is 2.54. The Kier molecular flexibility index (Phi) is 5.78. The molecule has 0 atom stereocenters. The fraction of sp³-hybridized carbons (Fsp3) is 0.625. The second-order valence-corrected chi connectivity index (χ2v) is 4.11. The van der Waals surface area contributed by atoms with E-state index in [0.717, 1.165) is 0 Å². The van der Waals surface area contributed by atoms with E-state index < -0.39 is 10.9 Å². The summed E-state index contributed by atoms with van der Waals surface area (Å²) in [5.41, 5.74) is 0. The zero-order chi connectivity index (χ0) is 11.2. The minimum atomic E-state index is -3.18. The molecule has 5 nitrogen and oxygen atoms in total. The highest BCUT2D eigenvalue weighted by atomic mass is 32.3. The minimum absolute atomic E-state index is 0.0659. The van der Waals surface area contributed by atoms with Gasteiger partial charge in [-0.1, -0.05) is 13.8 Å². The maximum absolute atomic E-state index is 9.37. The third kappa shape index (κ3) is 4.10. The molecule has 0 unspecified atom stereocenters. The van der Waals surface area contributed by atoms with Crippen LogP contribution in [0, 0.1) is 0 Å². The van der Waals surface area contributed by atoms with Gasteiger partial charge in [-0.05, 0) is 13.8 Å². The number of hydrogen-bond acceptors (Lipinski definition) is 4. The summed E-state index contributed by atoms with van der Waals surface area (Å²) in [5, 5.41) is 0.0659. The fourth-order valence-corrected chi connectivity index (χ4v) is 1.76. The molecule has 0 radical (unpaired) electrons. The Morgan fingerprint density at radius 3 is 2.36 bits per heavy atom. The lowest BCUT2D eigenvalue weighted by molar-refractivity contribution is 0.205. The van der Waals surface area contributed by atoms with Gasteiger partial charge in [0.1, 0.15) is 0 Å². The molecule has 0 bridgehead atoms. The number of nitrogens with zero attached hydrogens (tertiary/aromatic N) is 1. The molecule has 0 amide bonds. The first-order valence-electron chi connectivity index (χ1n) is 4.48. The number of aromatic amines is 1. The number of aromatic nitrogens is 2. The quantitative estimate of drug-likeness (QED) is 0.734. The Morgan fingerprint density at radius 1 is 1.43 bits per heavy atom. The van der Waals surface area contributed by atoms with Gasteiger partial charge in [0.05, 0.1) is 6.10 Å². The van der Waals surface area contributed by atoms with Crippen LogP contribution >= 0.6 is 10.9 Å². The summed E-state index contributed by atoms with van der Waals surface area (Å²) in [6, 6.07) is 0. The van der Waals surface area contributed by atoms with E-state index >= 15 is 0 Å². The van der Waals surface area contributed by atoms with Gasteiger partial charge in [0.25, 0.3) is 0 Å². The molecule has 14 heavy (non-hydrogen) atoms. The van der Waals surface area contributed by atoms with Crippen molar-refractivity contribution in [2.45, 2.75) is 39.0 Å². The molecule has 0 aliphatic carbocycles. The van der Waals surface area contributed by atoms with Gasteiger partial charge in [0.2, 0.25) is 5.16 Å². The van der Waals surface area contributed by atoms with Gasteiger partial charge < -0.3 is 14.1 Å². The summed E-state index contributed by atoms with van der Waals surface area (Å²) in [4.78, 5) is 6.28. The van der Waals surface area contributed by atoms with Crippen LogP contribution in [-0.4, -0.2) is 25.2 Å². The first kappa shape index (κ1) is 13.4. The van der Waals surface area contributed by atoms with E-state index in [1.165, 1.54) is 12.4 Å². The third-order valence-electron chi connectivity index (χ3n) is 1.05. The highest BCUT2D eigenvalue weighted by Gasteiger charge is 2.25. The van der Waals surface area contributed by atoms with Gasteiger partial charge in [-0.15, -0.1) is 0 Å². The number of rotatable bonds is 3. The average Bonchev–Trinajstić information content (AvgIpc) is 2.57. The zero-order valence-electron chi connectivity index (χ0n) is 8.89. The van der Waals surface area contributed by atoms with Crippen LogP contribution in [0.25, 0.3) is 0 Å². The molecule has 1 heterocycles. The molecule has 0 saturated carbocycles. The van der Waals surface area contributed by atoms with Gasteiger partial charge in [-0.25, -0.2) is 4.98 Å². The summed E-state index contributed by atoms with van der Waals surface area (Å²) >= 11 is 0. The monoisotopic (exact) mass is 222 g/mol. The van der Waals surface area contributed by atoms with Crippen molar-refractivity contribution < 1.29 is 13.3 Å². The smallest absolute Gasteiger partial charge is 0.221 e. The molecule has 3 N–H and O–H groups in total. The van der Waals surface area contributed by atoms with Crippen molar-refractivity contribution in [3.8, 4) is 0 Å². The van der Waals surface area contributed by atoms with Gasteiger partial charge in [-0.2, -0.15) is 0 Å². The van der Waals surface area contributed by atoms with Crippen LogP contribution in [-0.2, 0) is 4.18 Å². The molecule has 1 rings (SSSR count). The second kappa shape index (κ2) is 6.02. The lowest BCUT2D eigenvalue weighted by Crippen LogP contribution is -2.10. The Balaban J connectivity index is 0.000000791. The Hall–Kier alpha value is -0.560. The Bertz CT molecular complexity index is 237. The molecule has 0 fully saturated rings. The van der Waals surface area contributed by atoms with E-state index in [2.05, 4.69) is 9.97 Å². The van der Waals surface area contributed by atoms with Crippen LogP contribution in [0.1, 0.15) is 27.7 Å². The van der Waals surface area contributed by atoms with Crippen LogP contribution in [0.2, 0.25) is 0 Å². The predicted octanol–water partition coefficient (Wildman–Crippen LogP) is 2.89. The van der Waals surface area contributed by atoms with E-state index in [-0.39, 0.29) is 11.3 Å². The summed E-state index contributed by atoms with van der Waals surface area (Å²) in [6.07, 6.45) is 2.69. The van der Waals surface area contributed by atoms with E-state index in [1.54, 1.807) is 13.8 Å². The van der Waals surface area contributed by atoms with Crippen LogP contribution in [0.4, 0.5) is 0 Å². The number of hydrogen-bond donors (Lipinski definition) is 3. The van der Waals surface area contributed by atoms with E-state index in [9.17, 15) is 9.11 Å². The van der Waals surface area contributed by atoms with Crippen molar-refractivity contribution >= 4 is 10.9 Å². The summed E-state index contributed by atoms with van der Waals surface area (Å²) in [6.45, 7) is 7.44. The number of nitrogens with one attached hydrogen (secondary N) is 1. The maximum Gasteiger partial charge on any atom is 0.221 e. The minimum Gasteiger partial charge on any atom is -0.336 e. The molecule has 1 aromatic rings. The Labute approximate surface area is 86.1 Å². The summed E-state index contributed by atoms with van der Waals surface area (Å²) in [7, 11) is -3.18. The molecule has 0 spiro atoms. The van der Waals surface area contributed by atoms with E-state index in [1.807, 2.05) is 13.8 Å². The molecular weight excluding hydrogens is 204 g/mol. The van der Waals surface area contributed by atoms with Gasteiger partial charge in [0.15, 0.2) is 10.9 Å². The van der Waals surface area contributed by atoms with Crippen LogP contribution in [0.5, 0.6) is 0 Å². The molecule has 0 aliphatic heterocycles. The Morgan fingerprint density at radius 2 is 2.00 bits per heavy atom. The van der Waals surface area contributed by atoms with Gasteiger partial charge >= 0.3 is 0 Å². The van der Waals surface area contributed by atoms with Crippen molar-refractivity contribution in [3.05, 3.63) is 12.4 Å². The van der Waals surface area contributed by atoms with Crippen molar-refractivity contribution in [3.63, 3.8) is 0 Å². The maximum atomic E-state index is 9.37. The van der Waals surface area contributed by atoms with Crippen LogP contribution in [0.15, 0.2) is 17.6 Å². The molecule has 0 aromatic carbocycles. The van der Waals surface area contributed by atoms with Crippen molar-refractivity contribution in [2.75, 3.05) is 0 Å². The fourth-order valence-electron chi connectivity index (χ4n) is 0.710.